The maximum atomic E-state index is 2.42. The smallest absolute Gasteiger partial charge is 0.0841 e. The minimum atomic E-state index is 0. The predicted molar refractivity (Wildman–Crippen MR) is 53.8 cm³/mol. The molecule has 0 saturated carbocycles. The third-order valence-corrected chi connectivity index (χ3v) is 3.79. The Bertz CT molecular complexity index is 144. The zero-order valence-electron chi connectivity index (χ0n) is 8.90. The van der Waals surface area contributed by atoms with Crippen molar-refractivity contribution in [1.29, 1.82) is 0 Å². The first-order valence-corrected chi connectivity index (χ1v) is 4.97. The van der Waals surface area contributed by atoms with Gasteiger partial charge in [-0.1, -0.05) is 13.8 Å². The predicted octanol–water partition coefficient (Wildman–Crippen LogP) is 2.48. The fourth-order valence-corrected chi connectivity index (χ4v) is 2.37. The fraction of sp³-hybridized carbons (Fsp3) is 0.909. The molecule has 72 valence electrons. The van der Waals surface area contributed by atoms with Gasteiger partial charge in [0.05, 0.1) is 26.2 Å². The van der Waals surface area contributed by atoms with Gasteiger partial charge in [-0.15, -0.1) is 0 Å². The summed E-state index contributed by atoms with van der Waals surface area (Å²) in [6.45, 7) is 10.7. The van der Waals surface area contributed by atoms with E-state index in [0.717, 1.165) is 0 Å². The summed E-state index contributed by atoms with van der Waals surface area (Å²) in [7, 11) is 0. The third kappa shape index (κ3) is 1.66. The molecule has 0 aromatic rings. The highest BCUT2D eigenvalue weighted by Gasteiger charge is 2.41. The second kappa shape index (κ2) is 3.02. The molecule has 1 nitrogen and oxygen atoms in total. The lowest BCUT2D eigenvalue weighted by Crippen LogP contribution is -2.62. The molecule has 2 aliphatic heterocycles. The van der Waals surface area contributed by atoms with Gasteiger partial charge in [0.1, 0.15) is 0 Å². The first-order valence-electron chi connectivity index (χ1n) is 4.97. The maximum absolute atomic E-state index is 2.42. The monoisotopic (exact) mass is 169 g/mol. The number of quaternary nitrogens is 1. The molecule has 2 rings (SSSR count). The number of hydrogen-bond donors (Lipinski definition) is 0. The zero-order chi connectivity index (χ0) is 7.95. The third-order valence-electron chi connectivity index (χ3n) is 3.79. The normalized spacial score (nSPS) is 30.5. The minimum Gasteiger partial charge on any atom is -0.358 e. The first-order chi connectivity index (χ1) is 5.12. The van der Waals surface area contributed by atoms with Gasteiger partial charge in [0.25, 0.3) is 0 Å². The number of rotatable bonds is 0. The van der Waals surface area contributed by atoms with E-state index in [2.05, 4.69) is 13.8 Å². The Morgan fingerprint density at radius 3 is 1.75 bits per heavy atom. The van der Waals surface area contributed by atoms with Crippen molar-refractivity contribution in [2.24, 2.45) is 5.41 Å². The van der Waals surface area contributed by atoms with Crippen molar-refractivity contribution in [3.8, 4) is 0 Å². The molecule has 0 aliphatic carbocycles. The van der Waals surface area contributed by atoms with Gasteiger partial charge in [-0.25, -0.2) is 0 Å². The summed E-state index contributed by atoms with van der Waals surface area (Å²) in [6.07, 6.45) is 4.39. The molecule has 0 N–H and O–H groups in total. The van der Waals surface area contributed by atoms with Gasteiger partial charge in [-0.3, -0.25) is 0 Å². The van der Waals surface area contributed by atoms with Crippen LogP contribution in [0.1, 0.15) is 33.1 Å². The van der Waals surface area contributed by atoms with Gasteiger partial charge in [0.15, 0.2) is 0 Å². The molecule has 2 fully saturated rings. The molecule has 2 aliphatic rings. The van der Waals surface area contributed by atoms with Crippen LogP contribution in [0.4, 0.5) is 0 Å². The Morgan fingerprint density at radius 1 is 0.917 bits per heavy atom. The molecule has 0 bridgehead atoms. The van der Waals surface area contributed by atoms with Crippen LogP contribution in [0.15, 0.2) is 0 Å². The Labute approximate surface area is 77.4 Å². The van der Waals surface area contributed by atoms with Crippen molar-refractivity contribution in [2.75, 3.05) is 26.2 Å². The van der Waals surface area contributed by atoms with E-state index in [-0.39, 0.29) is 7.43 Å². The van der Waals surface area contributed by atoms with E-state index in [0.29, 0.717) is 5.41 Å². The van der Waals surface area contributed by atoms with Crippen molar-refractivity contribution in [2.45, 2.75) is 33.1 Å². The SMILES string of the molecule is CC1(C)CC[N+]2(CCC2)CC1.[CH3-]. The van der Waals surface area contributed by atoms with Crippen molar-refractivity contribution >= 4 is 0 Å². The molecule has 0 aromatic heterocycles. The molecular formula is C11H23N. The van der Waals surface area contributed by atoms with Crippen LogP contribution < -0.4 is 0 Å². The number of piperidine rings is 1. The van der Waals surface area contributed by atoms with Gasteiger partial charge in [0, 0.05) is 19.3 Å². The van der Waals surface area contributed by atoms with Crippen LogP contribution in [-0.2, 0) is 0 Å². The molecule has 0 amide bonds. The lowest BCUT2D eigenvalue weighted by Gasteiger charge is -2.51. The Morgan fingerprint density at radius 2 is 1.42 bits per heavy atom. The van der Waals surface area contributed by atoms with E-state index in [1.165, 1.54) is 49.9 Å². The van der Waals surface area contributed by atoms with Gasteiger partial charge < -0.3 is 11.9 Å². The van der Waals surface area contributed by atoms with Crippen LogP contribution in [0.5, 0.6) is 0 Å². The van der Waals surface area contributed by atoms with Gasteiger partial charge >= 0.3 is 0 Å². The van der Waals surface area contributed by atoms with Crippen molar-refractivity contribution in [3.63, 3.8) is 0 Å². The Balaban J connectivity index is 0.000000720. The summed E-state index contributed by atoms with van der Waals surface area (Å²) in [5, 5.41) is 0. The molecule has 2 heterocycles. The molecular weight excluding hydrogens is 146 g/mol. The van der Waals surface area contributed by atoms with Crippen LogP contribution in [0.3, 0.4) is 0 Å². The average Bonchev–Trinajstić information content (AvgIpc) is 1.84. The largest absolute Gasteiger partial charge is 0.358 e. The van der Waals surface area contributed by atoms with Gasteiger partial charge in [-0.05, 0) is 5.41 Å². The molecule has 0 unspecified atom stereocenters. The summed E-state index contributed by atoms with van der Waals surface area (Å²) >= 11 is 0. The summed E-state index contributed by atoms with van der Waals surface area (Å²) in [5.74, 6) is 0. The number of hydrogen-bond acceptors (Lipinski definition) is 0. The fourth-order valence-electron chi connectivity index (χ4n) is 2.37. The first kappa shape index (κ1) is 10.0. The van der Waals surface area contributed by atoms with Crippen LogP contribution in [0.2, 0.25) is 0 Å². The summed E-state index contributed by atoms with van der Waals surface area (Å²) in [6, 6.07) is 0. The van der Waals surface area contributed by atoms with Crippen LogP contribution in [-0.4, -0.2) is 30.7 Å². The van der Waals surface area contributed by atoms with Gasteiger partial charge in [-0.2, -0.15) is 0 Å². The summed E-state index contributed by atoms with van der Waals surface area (Å²) in [5.41, 5.74) is 0.652. The zero-order valence-corrected chi connectivity index (χ0v) is 8.90. The molecule has 12 heavy (non-hydrogen) atoms. The topological polar surface area (TPSA) is 0 Å². The highest BCUT2D eigenvalue weighted by atomic mass is 15.4. The quantitative estimate of drug-likeness (QED) is 0.386. The van der Waals surface area contributed by atoms with Crippen LogP contribution in [0.25, 0.3) is 0 Å². The van der Waals surface area contributed by atoms with E-state index in [1.54, 1.807) is 0 Å². The van der Waals surface area contributed by atoms with Crippen LogP contribution >= 0.6 is 0 Å². The second-order valence-electron chi connectivity index (χ2n) is 5.25. The van der Waals surface area contributed by atoms with Crippen molar-refractivity contribution < 1.29 is 4.48 Å². The molecule has 2 saturated heterocycles. The van der Waals surface area contributed by atoms with Crippen molar-refractivity contribution in [3.05, 3.63) is 7.43 Å². The van der Waals surface area contributed by atoms with E-state index >= 15 is 0 Å². The highest BCUT2D eigenvalue weighted by Crippen LogP contribution is 2.36. The van der Waals surface area contributed by atoms with E-state index < -0.39 is 0 Å². The molecule has 1 heteroatoms. The highest BCUT2D eigenvalue weighted by molar-refractivity contribution is 4.74. The van der Waals surface area contributed by atoms with Gasteiger partial charge in [0.2, 0.25) is 0 Å². The van der Waals surface area contributed by atoms with Crippen molar-refractivity contribution in [1.82, 2.24) is 0 Å². The van der Waals surface area contributed by atoms with Crippen LogP contribution in [0, 0.1) is 12.8 Å². The van der Waals surface area contributed by atoms with E-state index in [1.807, 2.05) is 0 Å². The molecule has 0 radical (unpaired) electrons. The molecule has 0 aromatic carbocycles. The summed E-state index contributed by atoms with van der Waals surface area (Å²) in [4.78, 5) is 0. The second-order valence-corrected chi connectivity index (χ2v) is 5.25. The average molecular weight is 169 g/mol. The van der Waals surface area contributed by atoms with E-state index in [9.17, 15) is 0 Å². The lowest BCUT2D eigenvalue weighted by atomic mass is 9.80. The van der Waals surface area contributed by atoms with E-state index in [4.69, 9.17) is 0 Å². The maximum Gasteiger partial charge on any atom is 0.0841 e. The Kier molecular flexibility index (Phi) is 2.53. The standard InChI is InChI=1S/C10H20N.CH3/c1-10(2)4-8-11(9-5-10)6-3-7-11;/h3-9H2,1-2H3;1H3/q+1;-1. The Hall–Kier alpha value is -0.0400. The minimum absolute atomic E-state index is 0. The lowest BCUT2D eigenvalue weighted by molar-refractivity contribution is -0.969. The summed E-state index contributed by atoms with van der Waals surface area (Å²) < 4.78 is 1.48. The number of nitrogens with zero attached hydrogens (tertiary/aromatic N) is 1. The molecule has 1 spiro atoms. The molecule has 0 atom stereocenters.